The van der Waals surface area contributed by atoms with Gasteiger partial charge >= 0.3 is 5.97 Å². The summed E-state index contributed by atoms with van der Waals surface area (Å²) in [6.07, 6.45) is 0. The Kier molecular flexibility index (Phi) is 5.09. The van der Waals surface area contributed by atoms with Gasteiger partial charge in [0.1, 0.15) is 11.3 Å². The molecule has 0 aromatic heterocycles. The van der Waals surface area contributed by atoms with Crippen LogP contribution in [0.5, 0.6) is 5.75 Å². The van der Waals surface area contributed by atoms with Crippen molar-refractivity contribution in [1.29, 1.82) is 0 Å². The van der Waals surface area contributed by atoms with Crippen LogP contribution < -0.4 is 4.74 Å². The number of hydrogen-bond acceptors (Lipinski definition) is 4. The Morgan fingerprint density at radius 1 is 1.39 bits per heavy atom. The van der Waals surface area contributed by atoms with Gasteiger partial charge in [-0.05, 0) is 43.8 Å². The molecule has 0 amide bonds. The minimum atomic E-state index is -0.408. The van der Waals surface area contributed by atoms with Gasteiger partial charge in [0, 0.05) is 14.1 Å². The van der Waals surface area contributed by atoms with E-state index in [2.05, 4.69) is 0 Å². The molecule has 1 rings (SSSR count). The first kappa shape index (κ1) is 14.4. The van der Waals surface area contributed by atoms with Gasteiger partial charge in [-0.25, -0.2) is 4.79 Å². The zero-order valence-electron chi connectivity index (χ0n) is 11.0. The summed E-state index contributed by atoms with van der Waals surface area (Å²) in [5.41, 5.74) is 1.37. The van der Waals surface area contributed by atoms with Gasteiger partial charge in [0.25, 0.3) is 5.17 Å². The highest BCUT2D eigenvalue weighted by molar-refractivity contribution is 7.80. The van der Waals surface area contributed by atoms with E-state index in [1.54, 1.807) is 38.1 Å². The summed E-state index contributed by atoms with van der Waals surface area (Å²) in [7, 11) is 3.56. The van der Waals surface area contributed by atoms with Gasteiger partial charge in [0.15, 0.2) is 0 Å². The Hall–Kier alpha value is -1.62. The van der Waals surface area contributed by atoms with Crippen molar-refractivity contribution in [3.8, 4) is 5.75 Å². The molecule has 0 unspecified atom stereocenters. The fraction of sp³-hybridized carbons (Fsp3) is 0.385. The first-order valence-corrected chi connectivity index (χ1v) is 6.03. The van der Waals surface area contributed by atoms with Crippen LogP contribution in [-0.4, -0.2) is 36.7 Å². The molecular weight excluding hydrogens is 250 g/mol. The van der Waals surface area contributed by atoms with Crippen molar-refractivity contribution >= 4 is 23.4 Å². The summed E-state index contributed by atoms with van der Waals surface area (Å²) in [5, 5.41) is 0.297. The van der Waals surface area contributed by atoms with E-state index < -0.39 is 5.97 Å². The van der Waals surface area contributed by atoms with E-state index >= 15 is 0 Å². The molecule has 0 bridgehead atoms. The van der Waals surface area contributed by atoms with Crippen molar-refractivity contribution in [2.45, 2.75) is 13.8 Å². The number of hydrogen-bond donors (Lipinski definition) is 0. The number of nitrogens with zero attached hydrogens (tertiary/aromatic N) is 1. The average molecular weight is 267 g/mol. The molecule has 0 saturated heterocycles. The van der Waals surface area contributed by atoms with Crippen molar-refractivity contribution in [3.05, 3.63) is 29.3 Å². The van der Waals surface area contributed by atoms with E-state index in [4.69, 9.17) is 21.7 Å². The zero-order chi connectivity index (χ0) is 13.7. The molecule has 0 saturated carbocycles. The van der Waals surface area contributed by atoms with E-state index in [1.165, 1.54) is 0 Å². The average Bonchev–Trinajstić information content (AvgIpc) is 2.29. The molecule has 98 valence electrons. The number of ether oxygens (including phenoxy) is 2. The lowest BCUT2D eigenvalue weighted by atomic mass is 10.1. The molecule has 0 radical (unpaired) electrons. The SMILES string of the molecule is CCOC(=O)c1ccc(C)cc1OC(=S)N(C)C. The van der Waals surface area contributed by atoms with Crippen LogP contribution in [0, 0.1) is 6.92 Å². The summed E-state index contributed by atoms with van der Waals surface area (Å²) < 4.78 is 10.5. The molecule has 0 aliphatic heterocycles. The smallest absolute Gasteiger partial charge is 0.341 e. The molecule has 4 nitrogen and oxygen atoms in total. The molecule has 0 atom stereocenters. The minimum absolute atomic E-state index is 0.297. The molecule has 0 fully saturated rings. The van der Waals surface area contributed by atoms with Crippen molar-refractivity contribution in [2.75, 3.05) is 20.7 Å². The maximum atomic E-state index is 11.8. The molecule has 0 aliphatic carbocycles. The summed E-state index contributed by atoms with van der Waals surface area (Å²) >= 11 is 5.07. The first-order valence-electron chi connectivity index (χ1n) is 5.62. The Morgan fingerprint density at radius 3 is 2.61 bits per heavy atom. The second kappa shape index (κ2) is 6.35. The summed E-state index contributed by atoms with van der Waals surface area (Å²) in [6.45, 7) is 4.00. The van der Waals surface area contributed by atoms with E-state index in [0.29, 0.717) is 23.1 Å². The summed E-state index contributed by atoms with van der Waals surface area (Å²) in [4.78, 5) is 13.4. The van der Waals surface area contributed by atoms with Gasteiger partial charge < -0.3 is 14.4 Å². The number of carbonyl (C=O) groups is 1. The van der Waals surface area contributed by atoms with Crippen LogP contribution >= 0.6 is 12.2 Å². The van der Waals surface area contributed by atoms with E-state index in [0.717, 1.165) is 5.56 Å². The highest BCUT2D eigenvalue weighted by Crippen LogP contribution is 2.22. The normalized spacial score (nSPS) is 9.78. The molecule has 0 aliphatic rings. The lowest BCUT2D eigenvalue weighted by Gasteiger charge is -2.16. The second-order valence-electron chi connectivity index (χ2n) is 3.98. The van der Waals surface area contributed by atoms with Gasteiger partial charge in [0.05, 0.1) is 6.61 Å². The summed E-state index contributed by atoms with van der Waals surface area (Å²) in [6, 6.07) is 5.28. The maximum absolute atomic E-state index is 11.8. The van der Waals surface area contributed by atoms with Crippen LogP contribution in [0.1, 0.15) is 22.8 Å². The van der Waals surface area contributed by atoms with Gasteiger partial charge in [0.2, 0.25) is 0 Å². The quantitative estimate of drug-likeness (QED) is 0.621. The van der Waals surface area contributed by atoms with Crippen molar-refractivity contribution < 1.29 is 14.3 Å². The fourth-order valence-corrected chi connectivity index (χ4v) is 1.37. The standard InChI is InChI=1S/C13H17NO3S/c1-5-16-12(15)10-7-6-9(2)8-11(10)17-13(18)14(3)4/h6-8H,5H2,1-4H3. The van der Waals surface area contributed by atoms with Gasteiger partial charge in [-0.3, -0.25) is 0 Å². The number of aryl methyl sites for hydroxylation is 1. The number of esters is 1. The molecule has 0 N–H and O–H groups in total. The Bertz CT molecular complexity index is 458. The molecule has 0 spiro atoms. The lowest BCUT2D eigenvalue weighted by Crippen LogP contribution is -2.25. The van der Waals surface area contributed by atoms with Crippen molar-refractivity contribution in [1.82, 2.24) is 4.90 Å². The highest BCUT2D eigenvalue weighted by Gasteiger charge is 2.15. The molecule has 1 aromatic rings. The molecule has 5 heteroatoms. The highest BCUT2D eigenvalue weighted by atomic mass is 32.1. The predicted molar refractivity (Wildman–Crippen MR) is 74.0 cm³/mol. The Balaban J connectivity index is 3.04. The number of rotatable bonds is 3. The molecular formula is C13H17NO3S. The van der Waals surface area contributed by atoms with Crippen LogP contribution in [0.3, 0.4) is 0 Å². The summed E-state index contributed by atoms with van der Waals surface area (Å²) in [5.74, 6) is 0.0150. The monoisotopic (exact) mass is 267 g/mol. The van der Waals surface area contributed by atoms with Gasteiger partial charge in [-0.1, -0.05) is 6.07 Å². The third-order valence-corrected chi connectivity index (χ3v) is 2.64. The molecule has 1 aromatic carbocycles. The number of benzene rings is 1. The maximum Gasteiger partial charge on any atom is 0.341 e. The fourth-order valence-electron chi connectivity index (χ4n) is 1.28. The Labute approximate surface area is 112 Å². The Morgan fingerprint density at radius 2 is 2.06 bits per heavy atom. The van der Waals surface area contributed by atoms with Crippen LogP contribution in [0.2, 0.25) is 0 Å². The van der Waals surface area contributed by atoms with E-state index in [9.17, 15) is 4.79 Å². The molecule has 0 heterocycles. The topological polar surface area (TPSA) is 38.8 Å². The van der Waals surface area contributed by atoms with Gasteiger partial charge in [-0.2, -0.15) is 0 Å². The largest absolute Gasteiger partial charge is 0.462 e. The van der Waals surface area contributed by atoms with Crippen molar-refractivity contribution in [2.24, 2.45) is 0 Å². The lowest BCUT2D eigenvalue weighted by molar-refractivity contribution is 0.0524. The van der Waals surface area contributed by atoms with E-state index in [-0.39, 0.29) is 0 Å². The predicted octanol–water partition coefficient (Wildman–Crippen LogP) is 2.40. The first-order chi connectivity index (χ1) is 8.45. The number of thiocarbonyl (C=S) groups is 1. The third-order valence-electron chi connectivity index (χ3n) is 2.19. The third kappa shape index (κ3) is 3.70. The minimum Gasteiger partial charge on any atom is -0.462 e. The van der Waals surface area contributed by atoms with Gasteiger partial charge in [-0.15, -0.1) is 0 Å². The van der Waals surface area contributed by atoms with E-state index in [1.807, 2.05) is 13.0 Å². The van der Waals surface area contributed by atoms with Crippen LogP contribution in [0.4, 0.5) is 0 Å². The number of carbonyl (C=O) groups excluding carboxylic acids is 1. The van der Waals surface area contributed by atoms with Crippen LogP contribution in [0.25, 0.3) is 0 Å². The van der Waals surface area contributed by atoms with Crippen LogP contribution in [-0.2, 0) is 4.74 Å². The zero-order valence-corrected chi connectivity index (χ0v) is 11.8. The second-order valence-corrected chi connectivity index (χ2v) is 4.33. The van der Waals surface area contributed by atoms with Crippen LogP contribution in [0.15, 0.2) is 18.2 Å². The van der Waals surface area contributed by atoms with Crippen molar-refractivity contribution in [3.63, 3.8) is 0 Å². The molecule has 18 heavy (non-hydrogen) atoms.